The third-order valence-corrected chi connectivity index (χ3v) is 3.02. The summed E-state index contributed by atoms with van der Waals surface area (Å²) < 4.78 is 0. The standard InChI is InChI=1S/C15H26N2/c1-2-3-4-5-6-7-8-9-10-11-12-15-16-13-14-17-15/h11-14H,2-10H2,1H3,(H,16,17). The van der Waals surface area contributed by atoms with Crippen molar-refractivity contribution >= 4 is 6.08 Å². The SMILES string of the molecule is CCCCCCCCCCC=Cc1ncc[nH]1. The molecule has 96 valence electrons. The van der Waals surface area contributed by atoms with Gasteiger partial charge >= 0.3 is 0 Å². The molecule has 0 aromatic carbocycles. The van der Waals surface area contributed by atoms with E-state index in [2.05, 4.69) is 29.0 Å². The maximum Gasteiger partial charge on any atom is 0.129 e. The summed E-state index contributed by atoms with van der Waals surface area (Å²) in [5.74, 6) is 0.963. The summed E-state index contributed by atoms with van der Waals surface area (Å²) in [4.78, 5) is 7.22. The number of rotatable bonds is 10. The van der Waals surface area contributed by atoms with Crippen LogP contribution in [-0.4, -0.2) is 9.97 Å². The van der Waals surface area contributed by atoms with Gasteiger partial charge in [0.25, 0.3) is 0 Å². The van der Waals surface area contributed by atoms with Gasteiger partial charge in [-0.25, -0.2) is 4.98 Å². The molecule has 0 aliphatic heterocycles. The van der Waals surface area contributed by atoms with Crippen LogP contribution in [0.4, 0.5) is 0 Å². The number of nitrogens with zero attached hydrogens (tertiary/aromatic N) is 1. The van der Waals surface area contributed by atoms with Crippen LogP contribution in [0.5, 0.6) is 0 Å². The van der Waals surface area contributed by atoms with Gasteiger partial charge in [0.05, 0.1) is 0 Å². The van der Waals surface area contributed by atoms with Crippen molar-refractivity contribution in [2.45, 2.75) is 64.7 Å². The van der Waals surface area contributed by atoms with Crippen molar-refractivity contribution < 1.29 is 0 Å². The topological polar surface area (TPSA) is 28.7 Å². The second-order valence-electron chi connectivity index (χ2n) is 4.64. The van der Waals surface area contributed by atoms with Gasteiger partial charge in [-0.3, -0.25) is 0 Å². The van der Waals surface area contributed by atoms with Crippen LogP contribution in [0.25, 0.3) is 6.08 Å². The number of aromatic amines is 1. The van der Waals surface area contributed by atoms with Gasteiger partial charge in [-0.05, 0) is 18.9 Å². The zero-order valence-corrected chi connectivity index (χ0v) is 11.1. The molecule has 2 heteroatoms. The number of nitrogens with one attached hydrogen (secondary N) is 1. The predicted molar refractivity (Wildman–Crippen MR) is 74.8 cm³/mol. The highest BCUT2D eigenvalue weighted by Gasteiger charge is 1.90. The Bertz CT molecular complexity index is 275. The second-order valence-corrected chi connectivity index (χ2v) is 4.64. The van der Waals surface area contributed by atoms with Crippen LogP contribution in [0.1, 0.15) is 70.5 Å². The molecule has 2 nitrogen and oxygen atoms in total. The highest BCUT2D eigenvalue weighted by molar-refractivity contribution is 5.38. The van der Waals surface area contributed by atoms with Crippen molar-refractivity contribution in [3.63, 3.8) is 0 Å². The number of aromatic nitrogens is 2. The van der Waals surface area contributed by atoms with Crippen LogP contribution in [0.3, 0.4) is 0 Å². The maximum absolute atomic E-state index is 4.15. The quantitative estimate of drug-likeness (QED) is 0.570. The molecule has 0 aliphatic carbocycles. The third-order valence-electron chi connectivity index (χ3n) is 3.02. The van der Waals surface area contributed by atoms with E-state index in [0.29, 0.717) is 0 Å². The highest BCUT2D eigenvalue weighted by atomic mass is 14.9. The summed E-state index contributed by atoms with van der Waals surface area (Å²) in [6.45, 7) is 2.27. The predicted octanol–water partition coefficient (Wildman–Crippen LogP) is 4.95. The third kappa shape index (κ3) is 7.78. The van der Waals surface area contributed by atoms with E-state index < -0.39 is 0 Å². The molecular formula is C15H26N2. The molecule has 0 bridgehead atoms. The zero-order chi connectivity index (χ0) is 12.2. The number of hydrogen-bond acceptors (Lipinski definition) is 1. The molecular weight excluding hydrogens is 208 g/mol. The molecule has 0 unspecified atom stereocenters. The van der Waals surface area contributed by atoms with Gasteiger partial charge < -0.3 is 4.98 Å². The van der Waals surface area contributed by atoms with Crippen LogP contribution in [0.2, 0.25) is 0 Å². The van der Waals surface area contributed by atoms with Gasteiger partial charge in [0.15, 0.2) is 0 Å². The molecule has 17 heavy (non-hydrogen) atoms. The molecule has 1 aromatic heterocycles. The van der Waals surface area contributed by atoms with E-state index in [1.54, 1.807) is 6.20 Å². The zero-order valence-electron chi connectivity index (χ0n) is 11.1. The summed E-state index contributed by atoms with van der Waals surface area (Å²) in [5, 5.41) is 0. The first-order valence-electron chi connectivity index (χ1n) is 7.09. The summed E-state index contributed by atoms with van der Waals surface area (Å²) in [6, 6.07) is 0. The van der Waals surface area contributed by atoms with E-state index in [1.165, 1.54) is 57.8 Å². The number of H-pyrrole nitrogens is 1. The summed E-state index contributed by atoms with van der Waals surface area (Å²) in [7, 11) is 0. The van der Waals surface area contributed by atoms with Gasteiger partial charge in [0.2, 0.25) is 0 Å². The molecule has 0 atom stereocenters. The molecule has 0 saturated carbocycles. The van der Waals surface area contributed by atoms with Gasteiger partial charge in [0.1, 0.15) is 5.82 Å². The lowest BCUT2D eigenvalue weighted by atomic mass is 10.1. The number of hydrogen-bond donors (Lipinski definition) is 1. The Kier molecular flexibility index (Phi) is 8.35. The van der Waals surface area contributed by atoms with Crippen molar-refractivity contribution in [1.29, 1.82) is 0 Å². The minimum atomic E-state index is 0.963. The average Bonchev–Trinajstić information content (AvgIpc) is 2.85. The molecule has 0 fully saturated rings. The number of imidazole rings is 1. The molecule has 1 N–H and O–H groups in total. The van der Waals surface area contributed by atoms with Gasteiger partial charge in [-0.15, -0.1) is 0 Å². The monoisotopic (exact) mass is 234 g/mol. The molecule has 0 amide bonds. The van der Waals surface area contributed by atoms with E-state index in [4.69, 9.17) is 0 Å². The fraction of sp³-hybridized carbons (Fsp3) is 0.667. The summed E-state index contributed by atoms with van der Waals surface area (Å²) in [5.41, 5.74) is 0. The lowest BCUT2D eigenvalue weighted by Crippen LogP contribution is -1.80. The van der Waals surface area contributed by atoms with Crippen LogP contribution in [0.15, 0.2) is 18.5 Å². The first-order valence-corrected chi connectivity index (χ1v) is 7.09. The first-order chi connectivity index (χ1) is 8.43. The van der Waals surface area contributed by atoms with E-state index in [9.17, 15) is 0 Å². The summed E-state index contributed by atoms with van der Waals surface area (Å²) >= 11 is 0. The Labute approximate surface area is 106 Å². The summed E-state index contributed by atoms with van der Waals surface area (Å²) in [6.07, 6.45) is 20.2. The van der Waals surface area contributed by atoms with Crippen LogP contribution < -0.4 is 0 Å². The fourth-order valence-corrected chi connectivity index (χ4v) is 1.96. The Morgan fingerprint density at radius 1 is 1.06 bits per heavy atom. The van der Waals surface area contributed by atoms with Gasteiger partial charge in [-0.2, -0.15) is 0 Å². The number of unbranched alkanes of at least 4 members (excludes halogenated alkanes) is 8. The molecule has 1 aromatic rings. The Balaban J connectivity index is 1.84. The van der Waals surface area contributed by atoms with E-state index >= 15 is 0 Å². The van der Waals surface area contributed by atoms with E-state index in [-0.39, 0.29) is 0 Å². The molecule has 1 heterocycles. The first kappa shape index (κ1) is 14.0. The smallest absolute Gasteiger partial charge is 0.129 e. The Morgan fingerprint density at radius 2 is 1.76 bits per heavy atom. The van der Waals surface area contributed by atoms with Crippen molar-refractivity contribution in [3.05, 3.63) is 24.3 Å². The largest absolute Gasteiger partial charge is 0.345 e. The maximum atomic E-state index is 4.15. The number of allylic oxidation sites excluding steroid dienone is 1. The minimum Gasteiger partial charge on any atom is -0.345 e. The fourth-order valence-electron chi connectivity index (χ4n) is 1.96. The van der Waals surface area contributed by atoms with E-state index in [0.717, 1.165) is 5.82 Å². The average molecular weight is 234 g/mol. The normalized spacial score (nSPS) is 11.4. The van der Waals surface area contributed by atoms with Crippen molar-refractivity contribution in [2.75, 3.05) is 0 Å². The van der Waals surface area contributed by atoms with Gasteiger partial charge in [-0.1, -0.05) is 57.9 Å². The Hall–Kier alpha value is -1.05. The lowest BCUT2D eigenvalue weighted by Gasteiger charge is -1.99. The molecule has 1 rings (SSSR count). The van der Waals surface area contributed by atoms with Crippen LogP contribution in [-0.2, 0) is 0 Å². The molecule has 0 radical (unpaired) electrons. The van der Waals surface area contributed by atoms with Crippen LogP contribution in [0, 0.1) is 0 Å². The van der Waals surface area contributed by atoms with E-state index in [1.807, 2.05) is 6.20 Å². The highest BCUT2D eigenvalue weighted by Crippen LogP contribution is 2.10. The van der Waals surface area contributed by atoms with Crippen molar-refractivity contribution in [3.8, 4) is 0 Å². The minimum absolute atomic E-state index is 0.963. The van der Waals surface area contributed by atoms with Crippen molar-refractivity contribution in [2.24, 2.45) is 0 Å². The second kappa shape index (κ2) is 10.1. The lowest BCUT2D eigenvalue weighted by molar-refractivity contribution is 0.578. The van der Waals surface area contributed by atoms with Gasteiger partial charge in [0, 0.05) is 12.4 Å². The molecule has 0 aliphatic rings. The van der Waals surface area contributed by atoms with Crippen molar-refractivity contribution in [1.82, 2.24) is 9.97 Å². The van der Waals surface area contributed by atoms with Crippen LogP contribution >= 0.6 is 0 Å². The Morgan fingerprint density at radius 3 is 2.41 bits per heavy atom. The molecule has 0 spiro atoms. The molecule has 0 saturated heterocycles.